The SMILES string of the molecule is CCC(=O)NCCN1C(=O)[C@](C)(COC)Oc2cc(C(F)(F)F)c(C(=O)N[C@@H]3CCCN(C(=O)OC(Cl)C(C)C)C3)cc21. The average Bonchev–Trinajstić information content (AvgIpc) is 2.94. The molecule has 0 spiro atoms. The van der Waals surface area contributed by atoms with E-state index < -0.39 is 52.4 Å². The zero-order chi connectivity index (χ0) is 32.1. The topological polar surface area (TPSA) is 127 Å². The molecule has 1 aromatic rings. The van der Waals surface area contributed by atoms with Crippen LogP contribution in [0.2, 0.25) is 0 Å². The smallest absolute Gasteiger partial charge is 0.417 e. The number of anilines is 1. The van der Waals surface area contributed by atoms with Crippen LogP contribution in [0.1, 0.15) is 62.9 Å². The second kappa shape index (κ2) is 14.0. The van der Waals surface area contributed by atoms with Crippen LogP contribution in [0.3, 0.4) is 0 Å². The van der Waals surface area contributed by atoms with Crippen molar-refractivity contribution in [1.29, 1.82) is 0 Å². The van der Waals surface area contributed by atoms with Gasteiger partial charge in [-0.3, -0.25) is 14.4 Å². The zero-order valence-electron chi connectivity index (χ0n) is 24.8. The summed E-state index contributed by atoms with van der Waals surface area (Å²) in [6.45, 7) is 6.61. The molecule has 1 aromatic carbocycles. The van der Waals surface area contributed by atoms with Crippen molar-refractivity contribution >= 4 is 41.1 Å². The van der Waals surface area contributed by atoms with Crippen LogP contribution in [0, 0.1) is 5.92 Å². The van der Waals surface area contributed by atoms with E-state index in [1.165, 1.54) is 23.8 Å². The van der Waals surface area contributed by atoms with Crippen molar-refractivity contribution in [3.8, 4) is 5.75 Å². The van der Waals surface area contributed by atoms with E-state index in [0.717, 1.165) is 6.07 Å². The van der Waals surface area contributed by atoms with Gasteiger partial charge >= 0.3 is 12.3 Å². The lowest BCUT2D eigenvalue weighted by Gasteiger charge is -2.41. The second-order valence-electron chi connectivity index (χ2n) is 11.0. The summed E-state index contributed by atoms with van der Waals surface area (Å²) in [5.41, 5.74) is -4.55. The fourth-order valence-electron chi connectivity index (χ4n) is 4.82. The van der Waals surface area contributed by atoms with Crippen molar-refractivity contribution in [1.82, 2.24) is 15.5 Å². The van der Waals surface area contributed by atoms with Gasteiger partial charge in [-0.1, -0.05) is 32.4 Å². The molecule has 0 radical (unpaired) electrons. The van der Waals surface area contributed by atoms with Gasteiger partial charge < -0.3 is 34.6 Å². The number of carbonyl (C=O) groups excluding carboxylic acids is 4. The maximum Gasteiger partial charge on any atom is 0.417 e. The number of carbonyl (C=O) groups is 4. The molecule has 3 atom stereocenters. The summed E-state index contributed by atoms with van der Waals surface area (Å²) in [6.07, 6.45) is -4.54. The van der Waals surface area contributed by atoms with Crippen molar-refractivity contribution in [2.75, 3.05) is 44.8 Å². The molecule has 240 valence electrons. The number of fused-ring (bicyclic) bond motifs is 1. The zero-order valence-corrected chi connectivity index (χ0v) is 25.6. The molecule has 0 aromatic heterocycles. The molecule has 0 aliphatic carbocycles. The van der Waals surface area contributed by atoms with Crippen LogP contribution >= 0.6 is 11.6 Å². The Hall–Kier alpha value is -3.26. The van der Waals surface area contributed by atoms with Gasteiger partial charge in [0.05, 0.1) is 23.4 Å². The van der Waals surface area contributed by atoms with Crippen LogP contribution in [0.5, 0.6) is 5.75 Å². The minimum atomic E-state index is -4.95. The van der Waals surface area contributed by atoms with E-state index >= 15 is 0 Å². The molecule has 2 aliphatic heterocycles. The Balaban J connectivity index is 1.93. The third-order valence-electron chi connectivity index (χ3n) is 7.12. The molecule has 15 heteroatoms. The second-order valence-corrected chi connectivity index (χ2v) is 11.5. The van der Waals surface area contributed by atoms with Gasteiger partial charge in [0.2, 0.25) is 11.5 Å². The first-order valence-electron chi connectivity index (χ1n) is 14.0. The lowest BCUT2D eigenvalue weighted by molar-refractivity contribution is -0.140. The van der Waals surface area contributed by atoms with E-state index in [2.05, 4.69) is 10.6 Å². The number of ether oxygens (including phenoxy) is 3. The summed E-state index contributed by atoms with van der Waals surface area (Å²) < 4.78 is 59.0. The molecular formula is C28H38ClF3N4O7. The van der Waals surface area contributed by atoms with Gasteiger partial charge in [-0.25, -0.2) is 4.79 Å². The Kier molecular flexibility index (Phi) is 11.2. The average molecular weight is 635 g/mol. The fraction of sp³-hybridized carbons (Fsp3) is 0.643. The van der Waals surface area contributed by atoms with Crippen molar-refractivity contribution in [2.24, 2.45) is 5.92 Å². The normalized spacial score (nSPS) is 21.2. The van der Waals surface area contributed by atoms with Crippen LogP contribution in [-0.2, 0) is 25.2 Å². The molecule has 0 bridgehead atoms. The summed E-state index contributed by atoms with van der Waals surface area (Å²) in [5.74, 6) is -2.33. The summed E-state index contributed by atoms with van der Waals surface area (Å²) >= 11 is 6.05. The third-order valence-corrected chi connectivity index (χ3v) is 7.72. The van der Waals surface area contributed by atoms with E-state index in [4.69, 9.17) is 25.8 Å². The Bertz CT molecular complexity index is 1220. The van der Waals surface area contributed by atoms with Gasteiger partial charge in [0.25, 0.3) is 11.8 Å². The maximum atomic E-state index is 14.3. The van der Waals surface area contributed by atoms with Gasteiger partial charge in [0.15, 0.2) is 5.56 Å². The van der Waals surface area contributed by atoms with Gasteiger partial charge in [-0.05, 0) is 31.9 Å². The molecular weight excluding hydrogens is 597 g/mol. The predicted octanol–water partition coefficient (Wildman–Crippen LogP) is 3.91. The van der Waals surface area contributed by atoms with Crippen molar-refractivity contribution in [2.45, 2.75) is 70.3 Å². The van der Waals surface area contributed by atoms with E-state index in [1.807, 2.05) is 0 Å². The molecule has 3 rings (SSSR count). The number of methoxy groups -OCH3 is 1. The fourth-order valence-corrected chi connectivity index (χ4v) is 4.89. The lowest BCUT2D eigenvalue weighted by atomic mass is 9.97. The van der Waals surface area contributed by atoms with Crippen LogP contribution < -0.4 is 20.3 Å². The van der Waals surface area contributed by atoms with E-state index in [0.29, 0.717) is 25.5 Å². The summed E-state index contributed by atoms with van der Waals surface area (Å²) in [5, 5.41) is 5.23. The van der Waals surface area contributed by atoms with E-state index in [1.54, 1.807) is 20.8 Å². The number of benzene rings is 1. The summed E-state index contributed by atoms with van der Waals surface area (Å²) in [6, 6.07) is 0.996. The molecule has 43 heavy (non-hydrogen) atoms. The van der Waals surface area contributed by atoms with Gasteiger partial charge in [-0.2, -0.15) is 13.2 Å². The number of nitrogens with one attached hydrogen (secondary N) is 2. The maximum absolute atomic E-state index is 14.3. The van der Waals surface area contributed by atoms with E-state index in [-0.39, 0.29) is 55.9 Å². The number of hydrogen-bond acceptors (Lipinski definition) is 7. The molecule has 11 nitrogen and oxygen atoms in total. The highest BCUT2D eigenvalue weighted by Gasteiger charge is 2.47. The van der Waals surface area contributed by atoms with Crippen molar-refractivity contribution < 1.29 is 46.6 Å². The summed E-state index contributed by atoms with van der Waals surface area (Å²) in [7, 11) is 1.32. The largest absolute Gasteiger partial charge is 0.473 e. The standard InChI is InChI=1S/C28H38ClF3N4O7/c1-6-22(37)33-9-11-36-20-12-18(19(28(30,31)32)13-21(20)43-27(4,15-41-5)25(36)39)24(38)34-17-8-7-10-35(14-17)26(40)42-23(29)16(2)3/h12-13,16-17,23H,6-11,14-15H2,1-5H3,(H,33,37)(H,34,38)/t17-,23?,27+/m1/s1. The van der Waals surface area contributed by atoms with Gasteiger partial charge in [-0.15, -0.1) is 0 Å². The molecule has 0 saturated carbocycles. The quantitative estimate of drug-likeness (QED) is 0.374. The first-order chi connectivity index (χ1) is 20.1. The molecule has 1 fully saturated rings. The van der Waals surface area contributed by atoms with Crippen molar-refractivity contribution in [3.63, 3.8) is 0 Å². The molecule has 2 N–H and O–H groups in total. The highest BCUT2D eigenvalue weighted by molar-refractivity contribution is 6.20. The number of likely N-dealkylation sites (tertiary alicyclic amines) is 1. The minimum absolute atomic E-state index is 0.0114. The number of nitrogens with zero attached hydrogens (tertiary/aromatic N) is 2. The first-order valence-corrected chi connectivity index (χ1v) is 14.5. The summed E-state index contributed by atoms with van der Waals surface area (Å²) in [4.78, 5) is 53.7. The molecule has 2 aliphatic rings. The van der Waals surface area contributed by atoms with Crippen LogP contribution in [0.25, 0.3) is 0 Å². The highest BCUT2D eigenvalue weighted by atomic mass is 35.5. The highest BCUT2D eigenvalue weighted by Crippen LogP contribution is 2.44. The van der Waals surface area contributed by atoms with Crippen LogP contribution in [0.15, 0.2) is 12.1 Å². The molecule has 1 saturated heterocycles. The molecule has 2 heterocycles. The number of halogens is 4. The number of hydrogen-bond donors (Lipinski definition) is 2. The van der Waals surface area contributed by atoms with Crippen LogP contribution in [-0.4, -0.2) is 85.8 Å². The Labute approximate surface area is 253 Å². The van der Waals surface area contributed by atoms with E-state index in [9.17, 15) is 32.3 Å². The number of rotatable bonds is 10. The number of alkyl halides is 4. The Morgan fingerprint density at radius 1 is 1.26 bits per heavy atom. The Morgan fingerprint density at radius 2 is 1.95 bits per heavy atom. The van der Waals surface area contributed by atoms with Crippen molar-refractivity contribution in [3.05, 3.63) is 23.3 Å². The predicted molar refractivity (Wildman–Crippen MR) is 151 cm³/mol. The first kappa shape index (κ1) is 34.2. The minimum Gasteiger partial charge on any atom is -0.473 e. The number of piperidine rings is 1. The molecule has 1 unspecified atom stereocenters. The monoisotopic (exact) mass is 634 g/mol. The number of amides is 4. The van der Waals surface area contributed by atoms with Crippen LogP contribution in [0.4, 0.5) is 23.7 Å². The lowest BCUT2D eigenvalue weighted by Crippen LogP contribution is -2.58. The third kappa shape index (κ3) is 8.22. The molecule has 4 amide bonds. The van der Waals surface area contributed by atoms with Gasteiger partial charge in [0, 0.05) is 51.7 Å². The van der Waals surface area contributed by atoms with Gasteiger partial charge in [0.1, 0.15) is 5.75 Å². The Morgan fingerprint density at radius 3 is 2.56 bits per heavy atom.